The summed E-state index contributed by atoms with van der Waals surface area (Å²) in [6.45, 7) is 2.86. The van der Waals surface area contributed by atoms with E-state index in [1.54, 1.807) is 0 Å². The van der Waals surface area contributed by atoms with Gasteiger partial charge in [-0.2, -0.15) is 0 Å². The van der Waals surface area contributed by atoms with Crippen molar-refractivity contribution in [3.63, 3.8) is 0 Å². The van der Waals surface area contributed by atoms with Gasteiger partial charge in [-0.05, 0) is 31.2 Å². The lowest BCUT2D eigenvalue weighted by Crippen LogP contribution is -2.32. The molecule has 1 aliphatic carbocycles. The molecule has 0 radical (unpaired) electrons. The number of rotatable bonds is 4. The molecule has 18 heavy (non-hydrogen) atoms. The Bertz CT molecular complexity index is 401. The molecule has 0 aliphatic heterocycles. The third-order valence-corrected chi connectivity index (χ3v) is 4.82. The van der Waals surface area contributed by atoms with E-state index >= 15 is 0 Å². The summed E-state index contributed by atoms with van der Waals surface area (Å²) in [7, 11) is 0. The predicted octanol–water partition coefficient (Wildman–Crippen LogP) is 3.22. The van der Waals surface area contributed by atoms with Crippen LogP contribution >= 0.6 is 15.9 Å². The van der Waals surface area contributed by atoms with Gasteiger partial charge in [0.2, 0.25) is 5.91 Å². The van der Waals surface area contributed by atoms with E-state index in [2.05, 4.69) is 28.2 Å². The lowest BCUT2D eigenvalue weighted by Gasteiger charge is -2.14. The summed E-state index contributed by atoms with van der Waals surface area (Å²) < 4.78 is 0. The predicted molar refractivity (Wildman–Crippen MR) is 77.9 cm³/mol. The Morgan fingerprint density at radius 3 is 2.67 bits per heavy atom. The number of alkyl halides is 1. The number of carbonyl (C=O) groups excluding carboxylic acids is 1. The summed E-state index contributed by atoms with van der Waals surface area (Å²) >= 11 is 3.68. The smallest absolute Gasteiger partial charge is 0.224 e. The van der Waals surface area contributed by atoms with Crippen molar-refractivity contribution in [3.05, 3.63) is 35.4 Å². The number of hydrogen-bond acceptors (Lipinski definition) is 1. The molecule has 1 fully saturated rings. The highest BCUT2D eigenvalue weighted by atomic mass is 79.9. The minimum Gasteiger partial charge on any atom is -0.355 e. The second-order valence-electron chi connectivity index (χ2n) is 5.17. The summed E-state index contributed by atoms with van der Waals surface area (Å²) in [4.78, 5) is 12.4. The Kier molecular flexibility index (Phi) is 4.81. The van der Waals surface area contributed by atoms with E-state index in [1.807, 2.05) is 24.3 Å². The van der Waals surface area contributed by atoms with Gasteiger partial charge in [-0.3, -0.25) is 4.79 Å². The van der Waals surface area contributed by atoms with E-state index in [9.17, 15) is 4.79 Å². The van der Waals surface area contributed by atoms with Crippen molar-refractivity contribution < 1.29 is 4.79 Å². The molecule has 1 amide bonds. The molecule has 0 heterocycles. The van der Waals surface area contributed by atoms with E-state index in [0.717, 1.165) is 12.1 Å². The van der Waals surface area contributed by atoms with E-state index in [-0.39, 0.29) is 5.91 Å². The summed E-state index contributed by atoms with van der Waals surface area (Å²) in [6.07, 6.45) is 4.22. The number of carbonyl (C=O) groups is 1. The van der Waals surface area contributed by atoms with Gasteiger partial charge in [-0.25, -0.2) is 0 Å². The maximum atomic E-state index is 11.8. The zero-order chi connectivity index (χ0) is 13.0. The number of amides is 1. The van der Waals surface area contributed by atoms with Crippen LogP contribution in [0.15, 0.2) is 24.3 Å². The molecule has 0 bridgehead atoms. The molecule has 2 atom stereocenters. The molecule has 2 rings (SSSR count). The first kappa shape index (κ1) is 13.6. The zero-order valence-electron chi connectivity index (χ0n) is 10.8. The fraction of sp³-hybridized carbons (Fsp3) is 0.533. The molecule has 98 valence electrons. The Hall–Kier alpha value is -0.830. The quantitative estimate of drug-likeness (QED) is 0.850. The third kappa shape index (κ3) is 3.84. The highest BCUT2D eigenvalue weighted by Crippen LogP contribution is 2.30. The molecule has 0 saturated heterocycles. The second kappa shape index (κ2) is 6.37. The first-order valence-electron chi connectivity index (χ1n) is 6.61. The molecular formula is C15H20BrNO. The van der Waals surface area contributed by atoms with Crippen LogP contribution in [0.2, 0.25) is 0 Å². The van der Waals surface area contributed by atoms with Crippen molar-refractivity contribution in [1.29, 1.82) is 0 Å². The Labute approximate surface area is 117 Å². The number of benzene rings is 1. The molecule has 1 N–H and O–H groups in total. The van der Waals surface area contributed by atoms with Crippen LogP contribution in [0.5, 0.6) is 0 Å². The van der Waals surface area contributed by atoms with Crippen molar-refractivity contribution >= 4 is 21.8 Å². The molecule has 2 nitrogen and oxygen atoms in total. The van der Waals surface area contributed by atoms with Crippen LogP contribution in [-0.4, -0.2) is 17.3 Å². The van der Waals surface area contributed by atoms with Gasteiger partial charge in [-0.1, -0.05) is 52.2 Å². The van der Waals surface area contributed by atoms with E-state index in [4.69, 9.17) is 0 Å². The maximum Gasteiger partial charge on any atom is 0.224 e. The third-order valence-electron chi connectivity index (χ3n) is 3.61. The van der Waals surface area contributed by atoms with Crippen LogP contribution in [0.1, 0.15) is 30.4 Å². The Morgan fingerprint density at radius 1 is 1.33 bits per heavy atom. The van der Waals surface area contributed by atoms with Gasteiger partial charge in [0.15, 0.2) is 0 Å². The molecule has 1 aromatic carbocycles. The van der Waals surface area contributed by atoms with Gasteiger partial charge >= 0.3 is 0 Å². The lowest BCUT2D eigenvalue weighted by molar-refractivity contribution is -0.120. The molecule has 0 aromatic heterocycles. The van der Waals surface area contributed by atoms with E-state index < -0.39 is 0 Å². The standard InChI is InChI=1S/C15H20BrNO/c1-11-5-7-12(8-6-11)9-15(18)17-10-13-3-2-4-14(13)16/h5-8,13-14H,2-4,9-10H2,1H3,(H,17,18). The topological polar surface area (TPSA) is 29.1 Å². The number of aryl methyl sites for hydroxylation is 1. The Morgan fingerprint density at radius 2 is 2.06 bits per heavy atom. The van der Waals surface area contributed by atoms with Gasteiger partial charge in [0, 0.05) is 11.4 Å². The molecule has 1 saturated carbocycles. The number of hydrogen-bond donors (Lipinski definition) is 1. The molecule has 3 heteroatoms. The van der Waals surface area contributed by atoms with Crippen LogP contribution in [-0.2, 0) is 11.2 Å². The van der Waals surface area contributed by atoms with Crippen LogP contribution in [0.4, 0.5) is 0 Å². The van der Waals surface area contributed by atoms with Crippen LogP contribution in [0.3, 0.4) is 0 Å². The van der Waals surface area contributed by atoms with Gasteiger partial charge in [-0.15, -0.1) is 0 Å². The van der Waals surface area contributed by atoms with Gasteiger partial charge in [0.25, 0.3) is 0 Å². The number of halogens is 1. The summed E-state index contributed by atoms with van der Waals surface area (Å²) in [6, 6.07) is 8.15. The second-order valence-corrected chi connectivity index (χ2v) is 6.35. The summed E-state index contributed by atoms with van der Waals surface area (Å²) in [5.74, 6) is 0.734. The van der Waals surface area contributed by atoms with Crippen molar-refractivity contribution in [1.82, 2.24) is 5.32 Å². The first-order valence-corrected chi connectivity index (χ1v) is 7.53. The molecular weight excluding hydrogens is 290 g/mol. The van der Waals surface area contributed by atoms with Crippen molar-refractivity contribution in [2.45, 2.75) is 37.4 Å². The van der Waals surface area contributed by atoms with Gasteiger partial charge in [0.1, 0.15) is 0 Å². The van der Waals surface area contributed by atoms with Gasteiger partial charge < -0.3 is 5.32 Å². The fourth-order valence-corrected chi connectivity index (χ4v) is 3.20. The average Bonchev–Trinajstić information content (AvgIpc) is 2.75. The molecule has 2 unspecified atom stereocenters. The van der Waals surface area contributed by atoms with Crippen molar-refractivity contribution in [3.8, 4) is 0 Å². The number of nitrogens with one attached hydrogen (secondary N) is 1. The fourth-order valence-electron chi connectivity index (χ4n) is 2.42. The van der Waals surface area contributed by atoms with Crippen LogP contribution < -0.4 is 5.32 Å². The largest absolute Gasteiger partial charge is 0.355 e. The monoisotopic (exact) mass is 309 g/mol. The lowest BCUT2D eigenvalue weighted by atomic mass is 10.1. The van der Waals surface area contributed by atoms with E-state index in [0.29, 0.717) is 17.2 Å². The van der Waals surface area contributed by atoms with Crippen molar-refractivity contribution in [2.24, 2.45) is 5.92 Å². The van der Waals surface area contributed by atoms with Gasteiger partial charge in [0.05, 0.1) is 6.42 Å². The minimum absolute atomic E-state index is 0.130. The highest BCUT2D eigenvalue weighted by Gasteiger charge is 2.24. The minimum atomic E-state index is 0.130. The van der Waals surface area contributed by atoms with Crippen LogP contribution in [0, 0.1) is 12.8 Å². The highest BCUT2D eigenvalue weighted by molar-refractivity contribution is 9.09. The van der Waals surface area contributed by atoms with Crippen molar-refractivity contribution in [2.75, 3.05) is 6.54 Å². The first-order chi connectivity index (χ1) is 8.65. The normalized spacial score (nSPS) is 23.0. The zero-order valence-corrected chi connectivity index (χ0v) is 12.4. The Balaban J connectivity index is 1.76. The maximum absolute atomic E-state index is 11.8. The van der Waals surface area contributed by atoms with Crippen LogP contribution in [0.25, 0.3) is 0 Å². The summed E-state index contributed by atoms with van der Waals surface area (Å²) in [5, 5.41) is 3.05. The molecule has 0 spiro atoms. The SMILES string of the molecule is Cc1ccc(CC(=O)NCC2CCCC2Br)cc1. The molecule has 1 aromatic rings. The molecule has 1 aliphatic rings. The summed E-state index contributed by atoms with van der Waals surface area (Å²) in [5.41, 5.74) is 2.31. The van der Waals surface area contributed by atoms with E-state index in [1.165, 1.54) is 24.8 Å². The average molecular weight is 310 g/mol.